The minimum Gasteiger partial charge on any atom is -0.228 e. The fraction of sp³-hybridized carbons (Fsp3) is 0. The quantitative estimate of drug-likeness (QED) is 0.231. The third-order valence-corrected chi connectivity index (χ3v) is 5.84. The third kappa shape index (κ3) is 4.42. The second kappa shape index (κ2) is 8.82. The van der Waals surface area contributed by atoms with Gasteiger partial charge in [-0.1, -0.05) is 97.1 Å². The highest BCUT2D eigenvalue weighted by atomic mass is 127. The second-order valence-corrected chi connectivity index (χ2v) is 8.53. The van der Waals surface area contributed by atoms with Crippen LogP contribution >= 0.6 is 22.6 Å². The van der Waals surface area contributed by atoms with Gasteiger partial charge in [-0.25, -0.2) is 9.97 Å². The highest BCUT2D eigenvalue weighted by Crippen LogP contribution is 2.29. The van der Waals surface area contributed by atoms with Crippen LogP contribution in [0.1, 0.15) is 0 Å². The van der Waals surface area contributed by atoms with E-state index in [0.717, 1.165) is 37.5 Å². The molecular formula is C28H19IN2. The summed E-state index contributed by atoms with van der Waals surface area (Å²) in [6.45, 7) is 0. The van der Waals surface area contributed by atoms with Crippen molar-refractivity contribution in [3.63, 3.8) is 0 Å². The van der Waals surface area contributed by atoms with E-state index >= 15 is 0 Å². The molecule has 0 aliphatic carbocycles. The lowest BCUT2D eigenvalue weighted by atomic mass is 10.0. The molecule has 148 valence electrons. The minimum atomic E-state index is 0.738. The van der Waals surface area contributed by atoms with E-state index in [1.807, 2.05) is 30.3 Å². The van der Waals surface area contributed by atoms with Crippen LogP contribution in [0.4, 0.5) is 0 Å². The Morgan fingerprint density at radius 2 is 0.903 bits per heavy atom. The average molecular weight is 510 g/mol. The first-order valence-electron chi connectivity index (χ1n) is 10.1. The molecule has 5 aromatic rings. The van der Waals surface area contributed by atoms with Crippen LogP contribution in [0, 0.1) is 3.57 Å². The van der Waals surface area contributed by atoms with Crippen molar-refractivity contribution in [1.29, 1.82) is 0 Å². The van der Waals surface area contributed by atoms with Crippen molar-refractivity contribution >= 4 is 22.6 Å². The molecule has 0 radical (unpaired) electrons. The van der Waals surface area contributed by atoms with E-state index in [0.29, 0.717) is 0 Å². The molecule has 0 unspecified atom stereocenters. The fourth-order valence-electron chi connectivity index (χ4n) is 3.57. The Labute approximate surface area is 195 Å². The molecule has 0 amide bonds. The van der Waals surface area contributed by atoms with Crippen molar-refractivity contribution in [2.24, 2.45) is 0 Å². The normalized spacial score (nSPS) is 10.7. The minimum absolute atomic E-state index is 0.738. The van der Waals surface area contributed by atoms with E-state index in [1.54, 1.807) is 0 Å². The van der Waals surface area contributed by atoms with Crippen molar-refractivity contribution < 1.29 is 0 Å². The van der Waals surface area contributed by atoms with Gasteiger partial charge in [0.25, 0.3) is 0 Å². The molecule has 0 aliphatic heterocycles. The van der Waals surface area contributed by atoms with Crippen molar-refractivity contribution in [3.05, 3.63) is 119 Å². The largest absolute Gasteiger partial charge is 0.228 e. The Hall–Kier alpha value is -3.31. The summed E-state index contributed by atoms with van der Waals surface area (Å²) >= 11 is 2.33. The molecule has 31 heavy (non-hydrogen) atoms. The van der Waals surface area contributed by atoms with Crippen LogP contribution in [-0.4, -0.2) is 9.97 Å². The van der Waals surface area contributed by atoms with Gasteiger partial charge in [-0.15, -0.1) is 0 Å². The van der Waals surface area contributed by atoms with Crippen LogP contribution < -0.4 is 0 Å². The van der Waals surface area contributed by atoms with Crippen molar-refractivity contribution in [1.82, 2.24) is 9.97 Å². The maximum atomic E-state index is 4.93. The summed E-state index contributed by atoms with van der Waals surface area (Å²) in [5, 5.41) is 0. The lowest BCUT2D eigenvalue weighted by Gasteiger charge is -2.10. The van der Waals surface area contributed by atoms with Gasteiger partial charge < -0.3 is 0 Å². The Morgan fingerprint density at radius 3 is 1.52 bits per heavy atom. The van der Waals surface area contributed by atoms with Crippen LogP contribution in [0.3, 0.4) is 0 Å². The Kier molecular flexibility index (Phi) is 5.59. The smallest absolute Gasteiger partial charge is 0.160 e. The number of aromatic nitrogens is 2. The number of hydrogen-bond acceptors (Lipinski definition) is 2. The maximum Gasteiger partial charge on any atom is 0.160 e. The van der Waals surface area contributed by atoms with Crippen LogP contribution in [-0.2, 0) is 0 Å². The first-order valence-corrected chi connectivity index (χ1v) is 11.2. The molecule has 0 spiro atoms. The molecule has 0 fully saturated rings. The molecule has 0 N–H and O–H groups in total. The van der Waals surface area contributed by atoms with Crippen LogP contribution in [0.2, 0.25) is 0 Å². The van der Waals surface area contributed by atoms with E-state index in [9.17, 15) is 0 Å². The van der Waals surface area contributed by atoms with Gasteiger partial charge in [0.05, 0.1) is 11.4 Å². The zero-order valence-electron chi connectivity index (χ0n) is 16.7. The van der Waals surface area contributed by atoms with Gasteiger partial charge in [0.2, 0.25) is 0 Å². The van der Waals surface area contributed by atoms with E-state index in [2.05, 4.69) is 108 Å². The van der Waals surface area contributed by atoms with Gasteiger partial charge in [0, 0.05) is 20.3 Å². The number of nitrogens with zero attached hydrogens (tertiary/aromatic N) is 2. The standard InChI is InChI=1S/C28H19IN2/c29-25-13-7-12-24(18-25)28-30-26(22-10-5-2-6-11-22)19-27(31-28)23-16-14-21(15-17-23)20-8-3-1-4-9-20/h1-19H. The second-order valence-electron chi connectivity index (χ2n) is 7.28. The highest BCUT2D eigenvalue weighted by Gasteiger charge is 2.11. The van der Waals surface area contributed by atoms with Gasteiger partial charge in [0.1, 0.15) is 0 Å². The highest BCUT2D eigenvalue weighted by molar-refractivity contribution is 14.1. The van der Waals surface area contributed by atoms with Gasteiger partial charge in [-0.05, 0) is 51.9 Å². The lowest BCUT2D eigenvalue weighted by molar-refractivity contribution is 1.18. The topological polar surface area (TPSA) is 25.8 Å². The summed E-state index contributed by atoms with van der Waals surface area (Å²) in [6, 6.07) is 39.6. The number of halogens is 1. The van der Waals surface area contributed by atoms with Gasteiger partial charge in [0.15, 0.2) is 5.82 Å². The average Bonchev–Trinajstić information content (AvgIpc) is 2.85. The molecule has 0 saturated heterocycles. The summed E-state index contributed by atoms with van der Waals surface area (Å²) in [6.07, 6.45) is 0. The molecule has 1 aromatic heterocycles. The predicted molar refractivity (Wildman–Crippen MR) is 136 cm³/mol. The van der Waals surface area contributed by atoms with Crippen molar-refractivity contribution in [3.8, 4) is 45.0 Å². The fourth-order valence-corrected chi connectivity index (χ4v) is 4.12. The van der Waals surface area contributed by atoms with E-state index < -0.39 is 0 Å². The van der Waals surface area contributed by atoms with E-state index in [1.165, 1.54) is 11.1 Å². The zero-order valence-corrected chi connectivity index (χ0v) is 18.9. The van der Waals surface area contributed by atoms with Crippen LogP contribution in [0.15, 0.2) is 115 Å². The number of rotatable bonds is 4. The zero-order chi connectivity index (χ0) is 21.0. The third-order valence-electron chi connectivity index (χ3n) is 5.17. The molecule has 3 heteroatoms. The molecule has 0 bridgehead atoms. The van der Waals surface area contributed by atoms with Crippen molar-refractivity contribution in [2.45, 2.75) is 0 Å². The van der Waals surface area contributed by atoms with Crippen LogP contribution in [0.5, 0.6) is 0 Å². The lowest BCUT2D eigenvalue weighted by Crippen LogP contribution is -1.96. The van der Waals surface area contributed by atoms with Gasteiger partial charge in [-0.2, -0.15) is 0 Å². The summed E-state index contributed by atoms with van der Waals surface area (Å²) < 4.78 is 1.16. The monoisotopic (exact) mass is 510 g/mol. The summed E-state index contributed by atoms with van der Waals surface area (Å²) in [5.41, 5.74) is 7.42. The van der Waals surface area contributed by atoms with Crippen molar-refractivity contribution in [2.75, 3.05) is 0 Å². The van der Waals surface area contributed by atoms with Gasteiger partial charge >= 0.3 is 0 Å². The maximum absolute atomic E-state index is 4.93. The van der Waals surface area contributed by atoms with Crippen LogP contribution in [0.25, 0.3) is 45.0 Å². The molecule has 1 heterocycles. The Morgan fingerprint density at radius 1 is 0.419 bits per heavy atom. The SMILES string of the molecule is Ic1cccc(-c2nc(-c3ccccc3)cc(-c3ccc(-c4ccccc4)cc3)n2)c1. The first kappa shape index (κ1) is 19.6. The van der Waals surface area contributed by atoms with E-state index in [4.69, 9.17) is 9.97 Å². The summed E-state index contributed by atoms with van der Waals surface area (Å²) in [7, 11) is 0. The predicted octanol–water partition coefficient (Wildman–Crippen LogP) is 7.75. The molecule has 0 aliphatic rings. The molecule has 0 atom stereocenters. The Balaban J connectivity index is 1.61. The molecular weight excluding hydrogens is 491 g/mol. The first-order chi connectivity index (χ1) is 15.3. The Bertz CT molecular complexity index is 1310. The molecule has 2 nitrogen and oxygen atoms in total. The molecule has 0 saturated carbocycles. The molecule has 5 rings (SSSR count). The number of hydrogen-bond donors (Lipinski definition) is 0. The number of benzene rings is 4. The summed E-state index contributed by atoms with van der Waals surface area (Å²) in [5.74, 6) is 0.738. The van der Waals surface area contributed by atoms with Gasteiger partial charge in [-0.3, -0.25) is 0 Å². The summed E-state index contributed by atoms with van der Waals surface area (Å²) in [4.78, 5) is 9.82. The molecule has 4 aromatic carbocycles. The van der Waals surface area contributed by atoms with E-state index in [-0.39, 0.29) is 0 Å².